The lowest BCUT2D eigenvalue weighted by atomic mass is 10.0. The zero-order valence-electron chi connectivity index (χ0n) is 14.6. The normalized spacial score (nSPS) is 12.1. The molecule has 0 N–H and O–H groups in total. The summed E-state index contributed by atoms with van der Waals surface area (Å²) in [5, 5.41) is 10.9. The highest BCUT2D eigenvalue weighted by Gasteiger charge is 2.24. The van der Waals surface area contributed by atoms with Gasteiger partial charge in [-0.05, 0) is 43.7 Å². The molecular formula is C21H19ClN2O2. The van der Waals surface area contributed by atoms with Gasteiger partial charge in [0.15, 0.2) is 0 Å². The molecule has 0 aliphatic heterocycles. The van der Waals surface area contributed by atoms with Crippen molar-refractivity contribution in [1.82, 2.24) is 4.57 Å². The molecule has 4 nitrogen and oxygen atoms in total. The summed E-state index contributed by atoms with van der Waals surface area (Å²) >= 11 is 6.44. The first-order valence-corrected chi connectivity index (χ1v) is 8.83. The van der Waals surface area contributed by atoms with Crippen LogP contribution in [0.5, 0.6) is 0 Å². The molecule has 0 saturated heterocycles. The maximum absolute atomic E-state index is 12.2. The summed E-state index contributed by atoms with van der Waals surface area (Å²) in [6.07, 6.45) is 1.94. The molecule has 0 aliphatic rings. The number of aromatic nitrogens is 1. The van der Waals surface area contributed by atoms with Gasteiger partial charge in [-0.3, -0.25) is 4.79 Å². The fourth-order valence-corrected chi connectivity index (χ4v) is 3.29. The molecule has 0 radical (unpaired) electrons. The van der Waals surface area contributed by atoms with Crippen molar-refractivity contribution in [3.8, 4) is 11.8 Å². The second-order valence-electron chi connectivity index (χ2n) is 6.37. The SMILES string of the molecule is CC(C)OC(=O)C(C#N)Cc1cn(-c2ccccc2)c2cccc(Cl)c12. The average Bonchev–Trinajstić information content (AvgIpc) is 2.99. The quantitative estimate of drug-likeness (QED) is 0.602. The first kappa shape index (κ1) is 18.0. The zero-order valence-corrected chi connectivity index (χ0v) is 15.4. The Labute approximate surface area is 157 Å². The summed E-state index contributed by atoms with van der Waals surface area (Å²) in [6.45, 7) is 3.54. The van der Waals surface area contributed by atoms with E-state index in [-0.39, 0.29) is 12.5 Å². The first-order valence-electron chi connectivity index (χ1n) is 8.45. The minimum atomic E-state index is -0.872. The van der Waals surface area contributed by atoms with E-state index in [0.717, 1.165) is 22.2 Å². The van der Waals surface area contributed by atoms with Crippen LogP contribution in [0.25, 0.3) is 16.6 Å². The lowest BCUT2D eigenvalue weighted by Crippen LogP contribution is -2.21. The van der Waals surface area contributed by atoms with Crippen molar-refractivity contribution < 1.29 is 9.53 Å². The Morgan fingerprint density at radius 3 is 2.58 bits per heavy atom. The zero-order chi connectivity index (χ0) is 18.7. The standard InChI is InChI=1S/C21H19ClN2O2/c1-14(2)26-21(25)15(12-23)11-16-13-24(17-7-4-3-5-8-17)19-10-6-9-18(22)20(16)19/h3-10,13-15H,11H2,1-2H3. The minimum Gasteiger partial charge on any atom is -0.462 e. The van der Waals surface area contributed by atoms with Gasteiger partial charge in [0.25, 0.3) is 0 Å². The van der Waals surface area contributed by atoms with E-state index in [0.29, 0.717) is 5.02 Å². The van der Waals surface area contributed by atoms with Gasteiger partial charge in [-0.1, -0.05) is 35.9 Å². The third-order valence-corrected chi connectivity index (χ3v) is 4.42. The minimum absolute atomic E-state index is 0.252. The van der Waals surface area contributed by atoms with E-state index in [9.17, 15) is 10.1 Å². The fourth-order valence-electron chi connectivity index (χ4n) is 2.99. The van der Waals surface area contributed by atoms with Crippen LogP contribution in [0.4, 0.5) is 0 Å². The number of ether oxygens (including phenoxy) is 1. The van der Waals surface area contributed by atoms with Crippen molar-refractivity contribution in [3.63, 3.8) is 0 Å². The summed E-state index contributed by atoms with van der Waals surface area (Å²) in [5.74, 6) is -1.38. The summed E-state index contributed by atoms with van der Waals surface area (Å²) in [4.78, 5) is 12.2. The average molecular weight is 367 g/mol. The molecule has 0 amide bonds. The van der Waals surface area contributed by atoms with Crippen LogP contribution in [0.3, 0.4) is 0 Å². The smallest absolute Gasteiger partial charge is 0.323 e. The molecule has 0 aliphatic carbocycles. The second kappa shape index (κ2) is 7.63. The highest BCUT2D eigenvalue weighted by molar-refractivity contribution is 6.35. The van der Waals surface area contributed by atoms with Crippen molar-refractivity contribution in [1.29, 1.82) is 5.26 Å². The highest BCUT2D eigenvalue weighted by atomic mass is 35.5. The van der Waals surface area contributed by atoms with Crippen molar-refractivity contribution in [3.05, 3.63) is 65.3 Å². The van der Waals surface area contributed by atoms with Gasteiger partial charge in [0.05, 0.1) is 22.7 Å². The Morgan fingerprint density at radius 2 is 1.92 bits per heavy atom. The van der Waals surface area contributed by atoms with Crippen LogP contribution in [-0.2, 0) is 16.0 Å². The number of nitriles is 1. The van der Waals surface area contributed by atoms with Crippen LogP contribution in [0.15, 0.2) is 54.7 Å². The van der Waals surface area contributed by atoms with Crippen LogP contribution >= 0.6 is 11.6 Å². The van der Waals surface area contributed by atoms with Gasteiger partial charge < -0.3 is 9.30 Å². The number of hydrogen-bond acceptors (Lipinski definition) is 3. The van der Waals surface area contributed by atoms with Gasteiger partial charge in [-0.2, -0.15) is 5.26 Å². The van der Waals surface area contributed by atoms with Gasteiger partial charge in [0, 0.05) is 23.7 Å². The molecule has 3 aromatic rings. The van der Waals surface area contributed by atoms with E-state index in [1.165, 1.54) is 0 Å². The van der Waals surface area contributed by atoms with Crippen molar-refractivity contribution in [2.24, 2.45) is 5.92 Å². The molecule has 0 bridgehead atoms. The van der Waals surface area contributed by atoms with E-state index < -0.39 is 11.9 Å². The van der Waals surface area contributed by atoms with E-state index in [2.05, 4.69) is 6.07 Å². The summed E-state index contributed by atoms with van der Waals surface area (Å²) < 4.78 is 7.23. The van der Waals surface area contributed by atoms with E-state index in [4.69, 9.17) is 16.3 Å². The van der Waals surface area contributed by atoms with Gasteiger partial charge in [-0.15, -0.1) is 0 Å². The number of carbonyl (C=O) groups is 1. The topological polar surface area (TPSA) is 55.0 Å². The van der Waals surface area contributed by atoms with Crippen LogP contribution < -0.4 is 0 Å². The van der Waals surface area contributed by atoms with Gasteiger partial charge in [-0.25, -0.2) is 0 Å². The lowest BCUT2D eigenvalue weighted by molar-refractivity contribution is -0.150. The largest absolute Gasteiger partial charge is 0.462 e. The lowest BCUT2D eigenvalue weighted by Gasteiger charge is -2.11. The molecule has 26 heavy (non-hydrogen) atoms. The molecule has 0 saturated carbocycles. The number of fused-ring (bicyclic) bond motifs is 1. The van der Waals surface area contributed by atoms with Gasteiger partial charge in [0.2, 0.25) is 0 Å². The third-order valence-electron chi connectivity index (χ3n) is 4.11. The van der Waals surface area contributed by atoms with Crippen LogP contribution in [-0.4, -0.2) is 16.6 Å². The highest BCUT2D eigenvalue weighted by Crippen LogP contribution is 2.32. The predicted octanol–water partition coefficient (Wildman–Crippen LogP) is 4.92. The molecule has 1 aromatic heterocycles. The van der Waals surface area contributed by atoms with Crippen molar-refractivity contribution in [2.45, 2.75) is 26.4 Å². The molecule has 1 atom stereocenters. The van der Waals surface area contributed by atoms with Crippen molar-refractivity contribution in [2.75, 3.05) is 0 Å². The fraction of sp³-hybridized carbons (Fsp3) is 0.238. The summed E-state index contributed by atoms with van der Waals surface area (Å²) in [7, 11) is 0. The van der Waals surface area contributed by atoms with Crippen LogP contribution in [0.1, 0.15) is 19.4 Å². The number of para-hydroxylation sites is 1. The summed E-state index contributed by atoms with van der Waals surface area (Å²) in [5.41, 5.74) is 2.78. The Bertz CT molecular complexity index is 971. The molecule has 0 fully saturated rings. The molecule has 132 valence electrons. The Hall–Kier alpha value is -2.77. The molecule has 1 unspecified atom stereocenters. The number of benzene rings is 2. The van der Waals surface area contributed by atoms with E-state index >= 15 is 0 Å². The Morgan fingerprint density at radius 1 is 1.19 bits per heavy atom. The number of rotatable bonds is 5. The number of esters is 1. The van der Waals surface area contributed by atoms with Crippen LogP contribution in [0.2, 0.25) is 5.02 Å². The second-order valence-corrected chi connectivity index (χ2v) is 6.77. The monoisotopic (exact) mass is 366 g/mol. The number of hydrogen-bond donors (Lipinski definition) is 0. The van der Waals surface area contributed by atoms with Crippen molar-refractivity contribution >= 4 is 28.5 Å². The van der Waals surface area contributed by atoms with E-state index in [1.807, 2.05) is 59.3 Å². The molecule has 3 rings (SSSR count). The predicted molar refractivity (Wildman–Crippen MR) is 102 cm³/mol. The van der Waals surface area contributed by atoms with Crippen LogP contribution in [0, 0.1) is 17.2 Å². The molecular weight excluding hydrogens is 348 g/mol. The number of nitrogens with zero attached hydrogens (tertiary/aromatic N) is 2. The molecule has 1 heterocycles. The van der Waals surface area contributed by atoms with Gasteiger partial charge >= 0.3 is 5.97 Å². The Balaban J connectivity index is 2.06. The first-order chi connectivity index (χ1) is 12.5. The maximum Gasteiger partial charge on any atom is 0.323 e. The van der Waals surface area contributed by atoms with Gasteiger partial charge in [0.1, 0.15) is 5.92 Å². The maximum atomic E-state index is 12.2. The third kappa shape index (κ3) is 3.58. The molecule has 5 heteroatoms. The van der Waals surface area contributed by atoms with E-state index in [1.54, 1.807) is 13.8 Å². The Kier molecular flexibility index (Phi) is 5.29. The molecule has 0 spiro atoms. The number of carbonyl (C=O) groups excluding carboxylic acids is 1. The summed E-state index contributed by atoms with van der Waals surface area (Å²) in [6, 6.07) is 17.6. The number of halogens is 1. The molecule has 2 aromatic carbocycles.